The Labute approximate surface area is 178 Å². The van der Waals surface area contributed by atoms with Crippen LogP contribution in [0.4, 0.5) is 13.2 Å². The molecule has 0 spiro atoms. The van der Waals surface area contributed by atoms with Gasteiger partial charge in [0.1, 0.15) is 5.75 Å². The van der Waals surface area contributed by atoms with Gasteiger partial charge in [-0.05, 0) is 36.4 Å². The van der Waals surface area contributed by atoms with Gasteiger partial charge in [-0.25, -0.2) is 0 Å². The summed E-state index contributed by atoms with van der Waals surface area (Å²) in [7, 11) is 0.855. The SMILES string of the molecule is COC(Oc1cc([S+](c2ccccc2)c2ccccc2)ccc1C(F)(F)F)C(C)C. The summed E-state index contributed by atoms with van der Waals surface area (Å²) >= 11 is 0. The molecule has 1 unspecified atom stereocenters. The molecular weight excluding hydrogens is 409 g/mol. The van der Waals surface area contributed by atoms with Gasteiger partial charge in [-0.3, -0.25) is 0 Å². The molecule has 0 fully saturated rings. The Bertz CT molecular complexity index is 904. The molecule has 3 rings (SSSR count). The number of halogens is 3. The highest BCUT2D eigenvalue weighted by molar-refractivity contribution is 7.97. The summed E-state index contributed by atoms with van der Waals surface area (Å²) in [5.41, 5.74) is -0.807. The minimum atomic E-state index is -4.53. The molecule has 0 radical (unpaired) electrons. The topological polar surface area (TPSA) is 18.5 Å². The predicted molar refractivity (Wildman–Crippen MR) is 113 cm³/mol. The molecule has 30 heavy (non-hydrogen) atoms. The Morgan fingerprint density at radius 1 is 0.767 bits per heavy atom. The van der Waals surface area contributed by atoms with Gasteiger partial charge in [0.25, 0.3) is 0 Å². The van der Waals surface area contributed by atoms with E-state index in [-0.39, 0.29) is 11.7 Å². The lowest BCUT2D eigenvalue weighted by molar-refractivity contribution is -0.143. The number of ether oxygens (including phenoxy) is 2. The Morgan fingerprint density at radius 3 is 1.73 bits per heavy atom. The van der Waals surface area contributed by atoms with Crippen LogP contribution in [0.5, 0.6) is 5.75 Å². The van der Waals surface area contributed by atoms with Crippen LogP contribution in [0.25, 0.3) is 0 Å². The molecule has 3 aromatic carbocycles. The van der Waals surface area contributed by atoms with Crippen LogP contribution in [0.15, 0.2) is 93.5 Å². The fourth-order valence-electron chi connectivity index (χ4n) is 3.06. The molecule has 3 aromatic rings. The van der Waals surface area contributed by atoms with Crippen LogP contribution in [0.2, 0.25) is 0 Å². The Hall–Kier alpha value is -2.44. The highest BCUT2D eigenvalue weighted by Gasteiger charge is 2.38. The molecule has 0 aliphatic heterocycles. The van der Waals surface area contributed by atoms with E-state index in [1.165, 1.54) is 19.2 Å². The Balaban J connectivity index is 2.14. The molecule has 0 aliphatic carbocycles. The predicted octanol–water partition coefficient (Wildman–Crippen LogP) is 6.81. The summed E-state index contributed by atoms with van der Waals surface area (Å²) < 4.78 is 52.0. The van der Waals surface area contributed by atoms with E-state index in [1.54, 1.807) is 0 Å². The molecule has 158 valence electrons. The Kier molecular flexibility index (Phi) is 7.10. The fourth-order valence-corrected chi connectivity index (χ4v) is 5.17. The number of hydrogen-bond donors (Lipinski definition) is 0. The summed E-state index contributed by atoms with van der Waals surface area (Å²) in [6, 6.07) is 23.6. The van der Waals surface area contributed by atoms with Gasteiger partial charge in [-0.15, -0.1) is 0 Å². The van der Waals surface area contributed by atoms with Crippen LogP contribution in [0.1, 0.15) is 19.4 Å². The van der Waals surface area contributed by atoms with Gasteiger partial charge in [0.2, 0.25) is 6.29 Å². The van der Waals surface area contributed by atoms with E-state index in [1.807, 2.05) is 74.5 Å². The Morgan fingerprint density at radius 2 is 1.30 bits per heavy atom. The van der Waals surface area contributed by atoms with Gasteiger partial charge in [0, 0.05) is 19.1 Å². The summed E-state index contributed by atoms with van der Waals surface area (Å²) in [4.78, 5) is 2.78. The first kappa shape index (κ1) is 22.2. The molecule has 2 nitrogen and oxygen atoms in total. The van der Waals surface area contributed by atoms with E-state index in [0.717, 1.165) is 20.8 Å². The van der Waals surface area contributed by atoms with Crippen molar-refractivity contribution in [2.75, 3.05) is 7.11 Å². The second kappa shape index (κ2) is 9.58. The highest BCUT2D eigenvalue weighted by atomic mass is 32.2. The number of benzene rings is 3. The molecule has 0 aliphatic rings. The van der Waals surface area contributed by atoms with Crippen LogP contribution >= 0.6 is 0 Å². The zero-order valence-electron chi connectivity index (χ0n) is 17.0. The van der Waals surface area contributed by atoms with E-state index >= 15 is 0 Å². The first-order valence-corrected chi connectivity index (χ1v) is 10.8. The average Bonchev–Trinajstić information content (AvgIpc) is 2.73. The first-order chi connectivity index (χ1) is 14.3. The van der Waals surface area contributed by atoms with Crippen molar-refractivity contribution in [1.82, 2.24) is 0 Å². The van der Waals surface area contributed by atoms with Crippen LogP contribution < -0.4 is 4.74 Å². The maximum Gasteiger partial charge on any atom is 0.419 e. The van der Waals surface area contributed by atoms with Gasteiger partial charge in [-0.2, -0.15) is 13.2 Å². The molecule has 0 saturated carbocycles. The van der Waals surface area contributed by atoms with Crippen LogP contribution in [0, 0.1) is 5.92 Å². The zero-order chi connectivity index (χ0) is 21.7. The standard InChI is InChI=1S/C24H24F3O2S/c1-17(2)23(28-3)29-22-16-20(14-15-21(22)24(25,26)27)30(18-10-6-4-7-11-18)19-12-8-5-9-13-19/h4-17,23H,1-3H3/q+1. The van der Waals surface area contributed by atoms with Crippen molar-refractivity contribution in [1.29, 1.82) is 0 Å². The largest absolute Gasteiger partial charge is 0.464 e. The van der Waals surface area contributed by atoms with Crippen LogP contribution in [-0.2, 0) is 21.8 Å². The monoisotopic (exact) mass is 433 g/mol. The molecule has 0 saturated heterocycles. The van der Waals surface area contributed by atoms with Crippen molar-refractivity contribution in [2.24, 2.45) is 5.92 Å². The second-order valence-corrected chi connectivity index (χ2v) is 9.08. The summed E-state index contributed by atoms with van der Waals surface area (Å²) in [6.07, 6.45) is -5.31. The fraction of sp³-hybridized carbons (Fsp3) is 0.250. The number of rotatable bonds is 7. The quantitative estimate of drug-likeness (QED) is 0.301. The third kappa shape index (κ3) is 5.18. The summed E-state index contributed by atoms with van der Waals surface area (Å²) in [5.74, 6) is -0.328. The molecule has 1 atom stereocenters. The van der Waals surface area contributed by atoms with Crippen LogP contribution in [0.3, 0.4) is 0 Å². The summed E-state index contributed by atoms with van der Waals surface area (Å²) in [6.45, 7) is 3.67. The molecule has 0 heterocycles. The zero-order valence-corrected chi connectivity index (χ0v) is 17.8. The van der Waals surface area contributed by atoms with E-state index < -0.39 is 28.9 Å². The molecule has 0 aromatic heterocycles. The maximum atomic E-state index is 13.7. The third-order valence-corrected chi connectivity index (χ3v) is 6.68. The molecule has 0 N–H and O–H groups in total. The normalized spacial score (nSPS) is 12.9. The number of alkyl halides is 3. The van der Waals surface area contributed by atoms with Crippen molar-refractivity contribution < 1.29 is 22.6 Å². The molecule has 0 amide bonds. The lowest BCUT2D eigenvalue weighted by atomic mass is 10.2. The van der Waals surface area contributed by atoms with Crippen molar-refractivity contribution in [3.05, 3.63) is 84.4 Å². The molecule has 0 bridgehead atoms. The van der Waals surface area contributed by atoms with E-state index in [9.17, 15) is 13.2 Å². The molecular formula is C24H24F3O2S+. The highest BCUT2D eigenvalue weighted by Crippen LogP contribution is 2.41. The smallest absolute Gasteiger partial charge is 0.419 e. The van der Waals surface area contributed by atoms with Gasteiger partial charge >= 0.3 is 6.18 Å². The summed E-state index contributed by atoms with van der Waals surface area (Å²) in [5, 5.41) is 0. The van der Waals surface area contributed by atoms with Crippen molar-refractivity contribution in [3.8, 4) is 5.75 Å². The average molecular weight is 434 g/mol. The minimum Gasteiger partial charge on any atom is -0.464 e. The van der Waals surface area contributed by atoms with Gasteiger partial charge in [0.15, 0.2) is 14.7 Å². The lowest BCUT2D eigenvalue weighted by Crippen LogP contribution is -2.26. The number of hydrogen-bond acceptors (Lipinski definition) is 2. The first-order valence-electron chi connectivity index (χ1n) is 9.56. The minimum absolute atomic E-state index is 0.110. The van der Waals surface area contributed by atoms with E-state index in [4.69, 9.17) is 9.47 Å². The van der Waals surface area contributed by atoms with Gasteiger partial charge < -0.3 is 9.47 Å². The maximum absolute atomic E-state index is 13.7. The van der Waals surface area contributed by atoms with E-state index in [0.29, 0.717) is 0 Å². The lowest BCUT2D eigenvalue weighted by Gasteiger charge is -2.23. The third-order valence-electron chi connectivity index (χ3n) is 4.47. The van der Waals surface area contributed by atoms with Gasteiger partial charge in [0.05, 0.1) is 16.5 Å². The number of methoxy groups -OCH3 is 1. The van der Waals surface area contributed by atoms with Gasteiger partial charge in [-0.1, -0.05) is 50.2 Å². The second-order valence-electron chi connectivity index (χ2n) is 7.05. The van der Waals surface area contributed by atoms with E-state index in [2.05, 4.69) is 0 Å². The molecule has 6 heteroatoms. The van der Waals surface area contributed by atoms with Crippen molar-refractivity contribution in [3.63, 3.8) is 0 Å². The van der Waals surface area contributed by atoms with Crippen LogP contribution in [-0.4, -0.2) is 13.4 Å². The van der Waals surface area contributed by atoms with Crippen molar-refractivity contribution >= 4 is 10.9 Å². The van der Waals surface area contributed by atoms with Crippen molar-refractivity contribution in [2.45, 2.75) is 41.0 Å².